The fourth-order valence-corrected chi connectivity index (χ4v) is 2.42. The summed E-state index contributed by atoms with van der Waals surface area (Å²) < 4.78 is 0. The van der Waals surface area contributed by atoms with Gasteiger partial charge in [-0.1, -0.05) is 13.0 Å². The number of aliphatic hydroxyl groups excluding tert-OH is 2. The summed E-state index contributed by atoms with van der Waals surface area (Å²) >= 11 is 1.74. The number of hydrogen-bond donors (Lipinski definition) is 4. The Labute approximate surface area is 106 Å². The smallest absolute Gasteiger partial charge is 0.0723 e. The monoisotopic (exact) mass is 256 g/mol. The van der Waals surface area contributed by atoms with Gasteiger partial charge in [0.1, 0.15) is 0 Å². The van der Waals surface area contributed by atoms with Crippen LogP contribution in [0.15, 0.2) is 23.1 Å². The summed E-state index contributed by atoms with van der Waals surface area (Å²) in [6.45, 7) is 2.32. The number of hydrogen-bond acceptors (Lipinski definition) is 5. The summed E-state index contributed by atoms with van der Waals surface area (Å²) in [6, 6.07) is 5.56. The van der Waals surface area contributed by atoms with Crippen molar-refractivity contribution in [3.8, 4) is 0 Å². The van der Waals surface area contributed by atoms with Gasteiger partial charge in [-0.25, -0.2) is 0 Å². The Morgan fingerprint density at radius 2 is 2.06 bits per heavy atom. The highest BCUT2D eigenvalue weighted by Crippen LogP contribution is 2.28. The van der Waals surface area contributed by atoms with Crippen LogP contribution in [0.5, 0.6) is 0 Å². The van der Waals surface area contributed by atoms with Crippen molar-refractivity contribution in [1.82, 2.24) is 0 Å². The van der Waals surface area contributed by atoms with Gasteiger partial charge in [-0.3, -0.25) is 0 Å². The van der Waals surface area contributed by atoms with Gasteiger partial charge in [0.15, 0.2) is 0 Å². The van der Waals surface area contributed by atoms with E-state index in [0.29, 0.717) is 6.54 Å². The van der Waals surface area contributed by atoms with Gasteiger partial charge in [-0.05, 0) is 17.9 Å². The Kier molecular flexibility index (Phi) is 6.36. The Bertz CT molecular complexity index is 343. The SMILES string of the molecule is CCSc1cccc(NC(CO)CO)c1CN. The highest BCUT2D eigenvalue weighted by Gasteiger charge is 2.11. The van der Waals surface area contributed by atoms with Gasteiger partial charge in [0.05, 0.1) is 19.3 Å². The van der Waals surface area contributed by atoms with Gasteiger partial charge < -0.3 is 21.3 Å². The van der Waals surface area contributed by atoms with Crippen molar-refractivity contribution in [3.63, 3.8) is 0 Å². The summed E-state index contributed by atoms with van der Waals surface area (Å²) in [4.78, 5) is 1.15. The Balaban J connectivity index is 2.93. The lowest BCUT2D eigenvalue weighted by Gasteiger charge is -2.19. The van der Waals surface area contributed by atoms with Crippen LogP contribution in [-0.4, -0.2) is 35.2 Å². The van der Waals surface area contributed by atoms with Gasteiger partial charge >= 0.3 is 0 Å². The zero-order chi connectivity index (χ0) is 12.7. The van der Waals surface area contributed by atoms with Crippen LogP contribution >= 0.6 is 11.8 Å². The highest BCUT2D eigenvalue weighted by molar-refractivity contribution is 7.99. The molecule has 1 aromatic rings. The molecule has 0 amide bonds. The van der Waals surface area contributed by atoms with E-state index in [1.54, 1.807) is 11.8 Å². The third kappa shape index (κ3) is 3.89. The first-order valence-corrected chi connectivity index (χ1v) is 6.68. The van der Waals surface area contributed by atoms with E-state index in [1.165, 1.54) is 0 Å². The molecule has 1 aromatic carbocycles. The normalized spacial score (nSPS) is 10.9. The molecular weight excluding hydrogens is 236 g/mol. The molecule has 0 atom stereocenters. The molecule has 0 saturated carbocycles. The van der Waals surface area contributed by atoms with Crippen molar-refractivity contribution in [2.24, 2.45) is 5.73 Å². The number of benzene rings is 1. The second-order valence-electron chi connectivity index (χ2n) is 3.63. The van der Waals surface area contributed by atoms with Crippen molar-refractivity contribution in [2.75, 3.05) is 24.3 Å². The molecule has 0 radical (unpaired) electrons. The molecule has 0 aliphatic heterocycles. The second kappa shape index (κ2) is 7.55. The van der Waals surface area contributed by atoms with Gasteiger partial charge in [-0.15, -0.1) is 11.8 Å². The van der Waals surface area contributed by atoms with E-state index in [4.69, 9.17) is 15.9 Å². The van der Waals surface area contributed by atoms with Crippen LogP contribution in [0.1, 0.15) is 12.5 Å². The lowest BCUT2D eigenvalue weighted by Crippen LogP contribution is -2.28. The van der Waals surface area contributed by atoms with E-state index in [0.717, 1.165) is 21.9 Å². The lowest BCUT2D eigenvalue weighted by atomic mass is 10.1. The standard InChI is InChI=1S/C12H20N2O2S/c1-2-17-12-5-3-4-11(10(12)6-13)14-9(7-15)8-16/h3-5,9,14-16H,2,6-8,13H2,1H3. The Hall–Kier alpha value is -0.750. The van der Waals surface area contributed by atoms with Crippen LogP contribution in [0.25, 0.3) is 0 Å². The zero-order valence-corrected chi connectivity index (χ0v) is 10.8. The van der Waals surface area contributed by atoms with E-state index in [-0.39, 0.29) is 19.3 Å². The minimum Gasteiger partial charge on any atom is -0.394 e. The Morgan fingerprint density at radius 3 is 2.59 bits per heavy atom. The van der Waals surface area contributed by atoms with Crippen LogP contribution in [0, 0.1) is 0 Å². The molecule has 0 saturated heterocycles. The molecule has 0 aromatic heterocycles. The first-order valence-electron chi connectivity index (χ1n) is 5.69. The molecule has 5 heteroatoms. The van der Waals surface area contributed by atoms with Crippen LogP contribution in [0.3, 0.4) is 0 Å². The largest absolute Gasteiger partial charge is 0.394 e. The minimum absolute atomic E-state index is 0.105. The zero-order valence-electron chi connectivity index (χ0n) is 10.0. The summed E-state index contributed by atoms with van der Waals surface area (Å²) in [5, 5.41) is 21.2. The van der Waals surface area contributed by atoms with E-state index in [1.807, 2.05) is 18.2 Å². The number of nitrogens with one attached hydrogen (secondary N) is 1. The fourth-order valence-electron chi connectivity index (χ4n) is 1.57. The number of aliphatic hydroxyl groups is 2. The third-order valence-electron chi connectivity index (χ3n) is 2.44. The van der Waals surface area contributed by atoms with Crippen molar-refractivity contribution in [3.05, 3.63) is 23.8 Å². The number of thioether (sulfide) groups is 1. The topological polar surface area (TPSA) is 78.5 Å². The molecule has 0 aliphatic carbocycles. The number of rotatable bonds is 7. The van der Waals surface area contributed by atoms with E-state index in [9.17, 15) is 0 Å². The minimum atomic E-state index is -0.345. The van der Waals surface area contributed by atoms with Crippen molar-refractivity contribution in [2.45, 2.75) is 24.4 Å². The molecule has 0 spiro atoms. The Morgan fingerprint density at radius 1 is 1.35 bits per heavy atom. The van der Waals surface area contributed by atoms with E-state index >= 15 is 0 Å². The van der Waals surface area contributed by atoms with E-state index in [2.05, 4.69) is 12.2 Å². The predicted molar refractivity (Wildman–Crippen MR) is 72.3 cm³/mol. The molecule has 1 rings (SSSR count). The molecule has 0 heterocycles. The summed E-state index contributed by atoms with van der Waals surface area (Å²) in [5.41, 5.74) is 7.68. The molecular formula is C12H20N2O2S. The summed E-state index contributed by atoms with van der Waals surface area (Å²) in [5.74, 6) is 0.986. The van der Waals surface area contributed by atoms with Crippen molar-refractivity contribution < 1.29 is 10.2 Å². The fraction of sp³-hybridized carbons (Fsp3) is 0.500. The van der Waals surface area contributed by atoms with Gasteiger partial charge in [0, 0.05) is 22.7 Å². The van der Waals surface area contributed by atoms with Crippen LogP contribution < -0.4 is 11.1 Å². The van der Waals surface area contributed by atoms with Crippen LogP contribution in [0.4, 0.5) is 5.69 Å². The maximum Gasteiger partial charge on any atom is 0.0723 e. The lowest BCUT2D eigenvalue weighted by molar-refractivity contribution is 0.204. The van der Waals surface area contributed by atoms with Gasteiger partial charge in [0.25, 0.3) is 0 Å². The quantitative estimate of drug-likeness (QED) is 0.548. The average molecular weight is 256 g/mol. The second-order valence-corrected chi connectivity index (χ2v) is 4.93. The molecule has 17 heavy (non-hydrogen) atoms. The van der Waals surface area contributed by atoms with E-state index < -0.39 is 0 Å². The summed E-state index contributed by atoms with van der Waals surface area (Å²) in [7, 11) is 0. The molecule has 4 nitrogen and oxygen atoms in total. The average Bonchev–Trinajstić information content (AvgIpc) is 2.36. The predicted octanol–water partition coefficient (Wildman–Crippen LogP) is 1.02. The molecule has 0 aliphatic rings. The molecule has 0 fully saturated rings. The van der Waals surface area contributed by atoms with Gasteiger partial charge in [0.2, 0.25) is 0 Å². The maximum atomic E-state index is 9.06. The molecule has 0 unspecified atom stereocenters. The highest BCUT2D eigenvalue weighted by atomic mass is 32.2. The molecule has 96 valence electrons. The third-order valence-corrected chi connectivity index (χ3v) is 3.42. The maximum absolute atomic E-state index is 9.06. The van der Waals surface area contributed by atoms with Crippen LogP contribution in [-0.2, 0) is 6.54 Å². The first-order chi connectivity index (χ1) is 8.26. The number of nitrogens with two attached hydrogens (primary N) is 1. The van der Waals surface area contributed by atoms with Gasteiger partial charge in [-0.2, -0.15) is 0 Å². The number of anilines is 1. The molecule has 5 N–H and O–H groups in total. The molecule has 0 bridgehead atoms. The summed E-state index contributed by atoms with van der Waals surface area (Å²) in [6.07, 6.45) is 0. The van der Waals surface area contributed by atoms with Crippen molar-refractivity contribution in [1.29, 1.82) is 0 Å². The van der Waals surface area contributed by atoms with Crippen LogP contribution in [0.2, 0.25) is 0 Å². The van der Waals surface area contributed by atoms with Crippen molar-refractivity contribution >= 4 is 17.4 Å². The first kappa shape index (κ1) is 14.3.